The van der Waals surface area contributed by atoms with Gasteiger partial charge in [-0.15, -0.1) is 0 Å². The molecule has 84 valence electrons. The number of carbonyl (C=O) groups is 1. The van der Waals surface area contributed by atoms with Crippen LogP contribution in [0.4, 0.5) is 0 Å². The highest BCUT2D eigenvalue weighted by molar-refractivity contribution is 5.88. The van der Waals surface area contributed by atoms with E-state index < -0.39 is 11.6 Å². The van der Waals surface area contributed by atoms with Gasteiger partial charge in [-0.1, -0.05) is 0 Å². The van der Waals surface area contributed by atoms with E-state index in [1.807, 2.05) is 20.8 Å². The molecule has 0 atom stereocenters. The number of esters is 1. The molecule has 0 radical (unpaired) electrons. The van der Waals surface area contributed by atoms with Crippen molar-refractivity contribution in [2.75, 3.05) is 0 Å². The number of imidazole rings is 1. The Kier molecular flexibility index (Phi) is 2.38. The van der Waals surface area contributed by atoms with Gasteiger partial charge in [-0.25, -0.2) is 9.78 Å². The molecule has 0 aliphatic carbocycles. The number of aromatic nitrogens is 3. The molecular weight excluding hydrogens is 206 g/mol. The predicted octanol–water partition coefficient (Wildman–Crippen LogP) is 1.68. The SMILES string of the molecule is CC(C)(C)OC(=O)c1cncc2cncn12. The third-order valence-electron chi connectivity index (χ3n) is 1.94. The van der Waals surface area contributed by atoms with Gasteiger partial charge < -0.3 is 4.74 Å². The molecule has 0 aliphatic heterocycles. The monoisotopic (exact) mass is 219 g/mol. The maximum atomic E-state index is 11.9. The minimum atomic E-state index is -0.514. The highest BCUT2D eigenvalue weighted by Gasteiger charge is 2.20. The van der Waals surface area contributed by atoms with Crippen molar-refractivity contribution in [3.8, 4) is 0 Å². The summed E-state index contributed by atoms with van der Waals surface area (Å²) in [4.78, 5) is 19.8. The number of carbonyl (C=O) groups excluding carboxylic acids is 1. The summed E-state index contributed by atoms with van der Waals surface area (Å²) in [5.41, 5.74) is 0.633. The fraction of sp³-hybridized carbons (Fsp3) is 0.364. The summed E-state index contributed by atoms with van der Waals surface area (Å²) in [6.45, 7) is 5.48. The van der Waals surface area contributed by atoms with Crippen molar-refractivity contribution in [1.29, 1.82) is 0 Å². The van der Waals surface area contributed by atoms with Crippen LogP contribution in [-0.2, 0) is 4.74 Å². The van der Waals surface area contributed by atoms with Crippen molar-refractivity contribution in [2.45, 2.75) is 26.4 Å². The molecule has 0 aromatic carbocycles. The largest absolute Gasteiger partial charge is 0.455 e. The number of fused-ring (bicyclic) bond motifs is 1. The van der Waals surface area contributed by atoms with Crippen molar-refractivity contribution in [1.82, 2.24) is 14.4 Å². The van der Waals surface area contributed by atoms with Crippen LogP contribution in [0.5, 0.6) is 0 Å². The summed E-state index contributed by atoms with van der Waals surface area (Å²) in [6.07, 6.45) is 6.32. The van der Waals surface area contributed by atoms with Crippen molar-refractivity contribution in [3.63, 3.8) is 0 Å². The first-order valence-electron chi connectivity index (χ1n) is 4.97. The Morgan fingerprint density at radius 1 is 1.25 bits per heavy atom. The minimum Gasteiger partial charge on any atom is -0.455 e. The first-order chi connectivity index (χ1) is 7.47. The third kappa shape index (κ3) is 2.03. The summed E-state index contributed by atoms with van der Waals surface area (Å²) >= 11 is 0. The number of rotatable bonds is 1. The highest BCUT2D eigenvalue weighted by atomic mass is 16.6. The lowest BCUT2D eigenvalue weighted by Crippen LogP contribution is -2.25. The second-order valence-electron chi connectivity index (χ2n) is 4.48. The Labute approximate surface area is 93.1 Å². The molecule has 0 spiro atoms. The van der Waals surface area contributed by atoms with Gasteiger partial charge in [0.05, 0.1) is 30.4 Å². The standard InChI is InChI=1S/C11H13N3O2/c1-11(2,3)16-10(15)9-6-12-4-8-5-13-7-14(8)9/h4-7H,1-3H3. The first-order valence-corrected chi connectivity index (χ1v) is 4.97. The average molecular weight is 219 g/mol. The zero-order valence-corrected chi connectivity index (χ0v) is 9.47. The Bertz CT molecular complexity index is 525. The average Bonchev–Trinajstić information content (AvgIpc) is 2.61. The molecule has 0 unspecified atom stereocenters. The Morgan fingerprint density at radius 2 is 1.94 bits per heavy atom. The molecule has 0 fully saturated rings. The maximum Gasteiger partial charge on any atom is 0.357 e. The summed E-state index contributed by atoms with van der Waals surface area (Å²) < 4.78 is 6.93. The van der Waals surface area contributed by atoms with E-state index in [2.05, 4.69) is 9.97 Å². The molecule has 0 saturated carbocycles. The van der Waals surface area contributed by atoms with Gasteiger partial charge in [0, 0.05) is 0 Å². The lowest BCUT2D eigenvalue weighted by Gasteiger charge is -2.19. The van der Waals surface area contributed by atoms with E-state index in [9.17, 15) is 4.79 Å². The van der Waals surface area contributed by atoms with Gasteiger partial charge in [0.1, 0.15) is 5.60 Å². The molecule has 2 rings (SSSR count). The van der Waals surface area contributed by atoms with Crippen molar-refractivity contribution in [3.05, 3.63) is 30.6 Å². The molecule has 0 bridgehead atoms. The quantitative estimate of drug-likeness (QED) is 0.685. The molecule has 0 saturated heterocycles. The number of nitrogens with zero attached hydrogens (tertiary/aromatic N) is 3. The molecule has 0 amide bonds. The van der Waals surface area contributed by atoms with Crippen molar-refractivity contribution < 1.29 is 9.53 Å². The Hall–Kier alpha value is -1.91. The summed E-state index contributed by atoms with van der Waals surface area (Å²) in [5, 5.41) is 0. The van der Waals surface area contributed by atoms with Gasteiger partial charge >= 0.3 is 5.97 Å². The zero-order valence-electron chi connectivity index (χ0n) is 9.47. The van der Waals surface area contributed by atoms with Crippen LogP contribution in [0.3, 0.4) is 0 Å². The molecule has 16 heavy (non-hydrogen) atoms. The van der Waals surface area contributed by atoms with E-state index >= 15 is 0 Å². The Balaban J connectivity index is 2.40. The lowest BCUT2D eigenvalue weighted by molar-refractivity contribution is 0.00606. The highest BCUT2D eigenvalue weighted by Crippen LogP contribution is 2.12. The molecule has 2 aromatic heterocycles. The molecule has 0 N–H and O–H groups in total. The van der Waals surface area contributed by atoms with Crippen LogP contribution in [0.25, 0.3) is 5.52 Å². The van der Waals surface area contributed by atoms with Gasteiger partial charge in [0.15, 0.2) is 5.69 Å². The van der Waals surface area contributed by atoms with E-state index in [4.69, 9.17) is 4.74 Å². The van der Waals surface area contributed by atoms with E-state index in [0.717, 1.165) is 5.52 Å². The molecule has 2 heterocycles. The summed E-state index contributed by atoms with van der Waals surface area (Å²) in [5.74, 6) is -0.399. The van der Waals surface area contributed by atoms with E-state index in [1.54, 1.807) is 23.1 Å². The number of ether oxygens (including phenoxy) is 1. The summed E-state index contributed by atoms with van der Waals surface area (Å²) in [7, 11) is 0. The summed E-state index contributed by atoms with van der Waals surface area (Å²) in [6, 6.07) is 0. The van der Waals surface area contributed by atoms with Crippen LogP contribution >= 0.6 is 0 Å². The molecule has 5 heteroatoms. The fourth-order valence-corrected chi connectivity index (χ4v) is 1.33. The van der Waals surface area contributed by atoms with Crippen LogP contribution in [0, 0.1) is 0 Å². The van der Waals surface area contributed by atoms with Gasteiger partial charge in [-0.3, -0.25) is 9.38 Å². The fourth-order valence-electron chi connectivity index (χ4n) is 1.33. The van der Waals surface area contributed by atoms with E-state index in [0.29, 0.717) is 5.69 Å². The van der Waals surface area contributed by atoms with Crippen LogP contribution < -0.4 is 0 Å². The first kappa shape index (κ1) is 10.6. The van der Waals surface area contributed by atoms with Gasteiger partial charge in [0.25, 0.3) is 0 Å². The Morgan fingerprint density at radius 3 is 2.62 bits per heavy atom. The van der Waals surface area contributed by atoms with Crippen LogP contribution in [-0.4, -0.2) is 25.9 Å². The normalized spacial score (nSPS) is 11.7. The zero-order chi connectivity index (χ0) is 11.8. The smallest absolute Gasteiger partial charge is 0.357 e. The lowest BCUT2D eigenvalue weighted by atomic mass is 10.2. The molecule has 0 aliphatic rings. The third-order valence-corrected chi connectivity index (χ3v) is 1.94. The number of hydrogen-bond acceptors (Lipinski definition) is 4. The number of hydrogen-bond donors (Lipinski definition) is 0. The van der Waals surface area contributed by atoms with E-state index in [-0.39, 0.29) is 0 Å². The van der Waals surface area contributed by atoms with Crippen LogP contribution in [0.1, 0.15) is 31.3 Å². The van der Waals surface area contributed by atoms with Crippen LogP contribution in [0.15, 0.2) is 24.9 Å². The van der Waals surface area contributed by atoms with Gasteiger partial charge in [-0.05, 0) is 20.8 Å². The molecular formula is C11H13N3O2. The topological polar surface area (TPSA) is 56.5 Å². The van der Waals surface area contributed by atoms with Crippen molar-refractivity contribution in [2.24, 2.45) is 0 Å². The van der Waals surface area contributed by atoms with Crippen molar-refractivity contribution >= 4 is 11.5 Å². The predicted molar refractivity (Wildman–Crippen MR) is 58.2 cm³/mol. The van der Waals surface area contributed by atoms with Crippen LogP contribution in [0.2, 0.25) is 0 Å². The van der Waals surface area contributed by atoms with Gasteiger partial charge in [0.2, 0.25) is 0 Å². The molecule has 5 nitrogen and oxygen atoms in total. The minimum absolute atomic E-state index is 0.380. The second-order valence-corrected chi connectivity index (χ2v) is 4.48. The van der Waals surface area contributed by atoms with Gasteiger partial charge in [-0.2, -0.15) is 0 Å². The maximum absolute atomic E-state index is 11.9. The second kappa shape index (κ2) is 3.59. The molecule has 2 aromatic rings. The van der Waals surface area contributed by atoms with E-state index in [1.165, 1.54) is 6.20 Å².